The Kier molecular flexibility index (Phi) is 3.79. The molecular formula is C16H16ClN5S. The molecule has 23 heavy (non-hydrogen) atoms. The van der Waals surface area contributed by atoms with E-state index in [0.29, 0.717) is 11.9 Å². The molecule has 1 saturated heterocycles. The van der Waals surface area contributed by atoms with E-state index in [1.807, 2.05) is 6.07 Å². The molecule has 1 fully saturated rings. The van der Waals surface area contributed by atoms with Gasteiger partial charge in [-0.1, -0.05) is 6.07 Å². The first-order valence-electron chi connectivity index (χ1n) is 7.61. The third-order valence-corrected chi connectivity index (χ3v) is 5.05. The number of rotatable bonds is 3. The zero-order valence-electron chi connectivity index (χ0n) is 12.7. The molecule has 0 saturated carbocycles. The summed E-state index contributed by atoms with van der Waals surface area (Å²) in [5.41, 5.74) is 4.71. The van der Waals surface area contributed by atoms with E-state index in [4.69, 9.17) is 11.6 Å². The molecule has 1 atom stereocenters. The molecule has 3 heterocycles. The smallest absolute Gasteiger partial charge is 0.225 e. The number of hydrogen-bond donors (Lipinski definition) is 1. The fourth-order valence-electron chi connectivity index (χ4n) is 3.04. The Bertz CT molecular complexity index is 849. The third kappa shape index (κ3) is 2.84. The van der Waals surface area contributed by atoms with Crippen molar-refractivity contribution in [2.24, 2.45) is 0 Å². The third-order valence-electron chi connectivity index (χ3n) is 4.16. The van der Waals surface area contributed by atoms with Gasteiger partial charge in [0.05, 0.1) is 5.51 Å². The number of benzene rings is 1. The summed E-state index contributed by atoms with van der Waals surface area (Å²) in [6, 6.07) is 8.97. The van der Waals surface area contributed by atoms with Crippen molar-refractivity contribution >= 4 is 50.5 Å². The molecule has 7 heteroatoms. The molecule has 2 aromatic heterocycles. The van der Waals surface area contributed by atoms with E-state index in [1.165, 1.54) is 29.9 Å². The molecule has 4 rings (SSSR count). The first kappa shape index (κ1) is 14.7. The average Bonchev–Trinajstić information content (AvgIpc) is 3.16. The fraction of sp³-hybridized carbons (Fsp3) is 0.312. The van der Waals surface area contributed by atoms with Gasteiger partial charge in [-0.15, -0.1) is 11.3 Å². The molecule has 1 aliphatic rings. The van der Waals surface area contributed by atoms with E-state index in [-0.39, 0.29) is 5.28 Å². The molecule has 1 aromatic carbocycles. The zero-order chi connectivity index (χ0) is 15.8. The maximum absolute atomic E-state index is 6.01. The van der Waals surface area contributed by atoms with E-state index in [2.05, 4.69) is 50.3 Å². The first-order chi connectivity index (χ1) is 11.2. The average molecular weight is 346 g/mol. The van der Waals surface area contributed by atoms with Crippen molar-refractivity contribution < 1.29 is 0 Å². The Morgan fingerprint density at radius 3 is 3.09 bits per heavy atom. The van der Waals surface area contributed by atoms with Crippen molar-refractivity contribution in [3.63, 3.8) is 0 Å². The summed E-state index contributed by atoms with van der Waals surface area (Å²) in [6.07, 6.45) is 2.50. The molecule has 5 nitrogen and oxygen atoms in total. The number of hydrogen-bond acceptors (Lipinski definition) is 6. The van der Waals surface area contributed by atoms with Gasteiger partial charge in [0.15, 0.2) is 10.6 Å². The minimum atomic E-state index is 0.230. The fourth-order valence-corrected chi connectivity index (χ4v) is 3.92. The van der Waals surface area contributed by atoms with Gasteiger partial charge < -0.3 is 10.2 Å². The minimum absolute atomic E-state index is 0.230. The second kappa shape index (κ2) is 5.94. The summed E-state index contributed by atoms with van der Waals surface area (Å²) >= 11 is 7.46. The second-order valence-electron chi connectivity index (χ2n) is 5.71. The van der Waals surface area contributed by atoms with Crippen LogP contribution in [-0.2, 0) is 0 Å². The Morgan fingerprint density at radius 1 is 1.35 bits per heavy atom. The Hall–Kier alpha value is -1.92. The van der Waals surface area contributed by atoms with Crippen LogP contribution in [0.25, 0.3) is 10.3 Å². The monoisotopic (exact) mass is 345 g/mol. The Balaban J connectivity index is 1.67. The van der Waals surface area contributed by atoms with Gasteiger partial charge in [-0.25, -0.2) is 9.97 Å². The highest BCUT2D eigenvalue weighted by atomic mass is 35.5. The van der Waals surface area contributed by atoms with Crippen LogP contribution in [-0.4, -0.2) is 27.5 Å². The number of thiazole rings is 1. The molecule has 0 radical (unpaired) electrons. The van der Waals surface area contributed by atoms with E-state index >= 15 is 0 Å². The molecule has 0 spiro atoms. The molecule has 3 aromatic rings. The van der Waals surface area contributed by atoms with E-state index in [9.17, 15) is 0 Å². The van der Waals surface area contributed by atoms with Crippen molar-refractivity contribution in [1.29, 1.82) is 0 Å². The lowest BCUT2D eigenvalue weighted by Crippen LogP contribution is -2.26. The topological polar surface area (TPSA) is 53.9 Å². The van der Waals surface area contributed by atoms with Crippen molar-refractivity contribution in [1.82, 2.24) is 15.0 Å². The number of nitrogens with one attached hydrogen (secondary N) is 1. The van der Waals surface area contributed by atoms with Crippen LogP contribution in [0.5, 0.6) is 0 Å². The van der Waals surface area contributed by atoms with Gasteiger partial charge in [0.1, 0.15) is 5.52 Å². The van der Waals surface area contributed by atoms with E-state index in [1.54, 1.807) is 5.51 Å². The van der Waals surface area contributed by atoms with Gasteiger partial charge in [0, 0.05) is 24.0 Å². The number of anilines is 3. The quantitative estimate of drug-likeness (QED) is 0.710. The molecule has 118 valence electrons. The molecule has 1 N–H and O–H groups in total. The van der Waals surface area contributed by atoms with Gasteiger partial charge in [0.2, 0.25) is 5.28 Å². The number of halogens is 1. The van der Waals surface area contributed by atoms with Crippen LogP contribution < -0.4 is 10.2 Å². The highest BCUT2D eigenvalue weighted by molar-refractivity contribution is 7.16. The number of fused-ring (bicyclic) bond motifs is 1. The van der Waals surface area contributed by atoms with Crippen molar-refractivity contribution in [2.75, 3.05) is 16.8 Å². The van der Waals surface area contributed by atoms with Crippen molar-refractivity contribution in [2.45, 2.75) is 25.8 Å². The van der Waals surface area contributed by atoms with Crippen LogP contribution >= 0.6 is 22.9 Å². The van der Waals surface area contributed by atoms with E-state index in [0.717, 1.165) is 22.6 Å². The second-order valence-corrected chi connectivity index (χ2v) is 6.88. The van der Waals surface area contributed by atoms with Gasteiger partial charge in [-0.3, -0.25) is 0 Å². The standard InChI is InChI=1S/C16H16ClN5S/c1-10-4-3-7-22(10)12-6-2-5-11(8-12)19-14-13-15(23-9-18-13)21-16(17)20-14/h2,5-6,8-10H,3-4,7H2,1H3,(H,19,20,21). The molecule has 0 bridgehead atoms. The molecule has 1 unspecified atom stereocenters. The van der Waals surface area contributed by atoms with Crippen LogP contribution in [0.4, 0.5) is 17.2 Å². The van der Waals surface area contributed by atoms with Crippen LogP contribution in [0, 0.1) is 0 Å². The molecule has 1 aliphatic heterocycles. The molecule has 0 amide bonds. The maximum atomic E-state index is 6.01. The molecular weight excluding hydrogens is 330 g/mol. The van der Waals surface area contributed by atoms with Gasteiger partial charge >= 0.3 is 0 Å². The lowest BCUT2D eigenvalue weighted by Gasteiger charge is -2.24. The summed E-state index contributed by atoms with van der Waals surface area (Å²) in [5.74, 6) is 0.646. The SMILES string of the molecule is CC1CCCN1c1cccc(Nc2nc(Cl)nc3scnc23)c1. The predicted octanol–water partition coefficient (Wildman–Crippen LogP) is 4.47. The Labute approximate surface area is 143 Å². The Morgan fingerprint density at radius 2 is 2.26 bits per heavy atom. The van der Waals surface area contributed by atoms with Crippen LogP contribution in [0.1, 0.15) is 19.8 Å². The van der Waals surface area contributed by atoms with Crippen molar-refractivity contribution in [3.05, 3.63) is 35.1 Å². The lowest BCUT2D eigenvalue weighted by atomic mass is 10.2. The van der Waals surface area contributed by atoms with E-state index < -0.39 is 0 Å². The maximum Gasteiger partial charge on any atom is 0.225 e. The minimum Gasteiger partial charge on any atom is -0.369 e. The first-order valence-corrected chi connectivity index (χ1v) is 8.87. The summed E-state index contributed by atoms with van der Waals surface area (Å²) in [6.45, 7) is 3.39. The number of aromatic nitrogens is 3. The normalized spacial score (nSPS) is 17.8. The predicted molar refractivity (Wildman–Crippen MR) is 96.0 cm³/mol. The van der Waals surface area contributed by atoms with Gasteiger partial charge in [0.25, 0.3) is 0 Å². The van der Waals surface area contributed by atoms with Crippen LogP contribution in [0.15, 0.2) is 29.8 Å². The van der Waals surface area contributed by atoms with Crippen LogP contribution in [0.3, 0.4) is 0 Å². The highest BCUT2D eigenvalue weighted by Crippen LogP contribution is 2.30. The molecule has 0 aliphatic carbocycles. The summed E-state index contributed by atoms with van der Waals surface area (Å²) in [5, 5.41) is 3.56. The van der Waals surface area contributed by atoms with Crippen molar-refractivity contribution in [3.8, 4) is 0 Å². The largest absolute Gasteiger partial charge is 0.369 e. The summed E-state index contributed by atoms with van der Waals surface area (Å²) in [4.78, 5) is 16.0. The zero-order valence-corrected chi connectivity index (χ0v) is 14.2. The van der Waals surface area contributed by atoms with Gasteiger partial charge in [-0.2, -0.15) is 4.98 Å². The van der Waals surface area contributed by atoms with Gasteiger partial charge in [-0.05, 0) is 49.6 Å². The summed E-state index contributed by atoms with van der Waals surface area (Å²) < 4.78 is 0. The summed E-state index contributed by atoms with van der Waals surface area (Å²) in [7, 11) is 0. The number of nitrogens with zero attached hydrogens (tertiary/aromatic N) is 4. The lowest BCUT2D eigenvalue weighted by molar-refractivity contribution is 0.735. The van der Waals surface area contributed by atoms with Crippen LogP contribution in [0.2, 0.25) is 5.28 Å². The highest BCUT2D eigenvalue weighted by Gasteiger charge is 2.20.